The lowest BCUT2D eigenvalue weighted by Gasteiger charge is -1.97. The van der Waals surface area contributed by atoms with Crippen LogP contribution in [-0.2, 0) is 4.79 Å². The second-order valence-electron chi connectivity index (χ2n) is 2.44. The van der Waals surface area contributed by atoms with Gasteiger partial charge in [0.25, 0.3) is 0 Å². The summed E-state index contributed by atoms with van der Waals surface area (Å²) in [4.78, 5) is 10.0. The molecule has 0 aliphatic heterocycles. The highest BCUT2D eigenvalue weighted by Gasteiger charge is 2.10. The SMILES string of the molecule is O=C(O)C(F)=Cc1cccc(F)c1F. The summed E-state index contributed by atoms with van der Waals surface area (Å²) in [6.07, 6.45) is 0.417. The molecule has 0 heterocycles. The van der Waals surface area contributed by atoms with Crippen LogP contribution >= 0.6 is 0 Å². The van der Waals surface area contributed by atoms with Crippen LogP contribution in [0.15, 0.2) is 24.0 Å². The van der Waals surface area contributed by atoms with Crippen LogP contribution in [0.4, 0.5) is 13.2 Å². The van der Waals surface area contributed by atoms with Gasteiger partial charge < -0.3 is 5.11 Å². The summed E-state index contributed by atoms with van der Waals surface area (Å²) in [6, 6.07) is 3.08. The average Bonchev–Trinajstić information content (AvgIpc) is 2.12. The number of hydrogen-bond donors (Lipinski definition) is 1. The monoisotopic (exact) mass is 202 g/mol. The van der Waals surface area contributed by atoms with Crippen molar-refractivity contribution in [3.8, 4) is 0 Å². The Morgan fingerprint density at radius 1 is 1.36 bits per heavy atom. The molecule has 2 nitrogen and oxygen atoms in total. The van der Waals surface area contributed by atoms with Crippen LogP contribution in [0, 0.1) is 11.6 Å². The molecule has 74 valence electrons. The van der Waals surface area contributed by atoms with E-state index in [9.17, 15) is 18.0 Å². The normalized spacial score (nSPS) is 11.5. The van der Waals surface area contributed by atoms with Crippen molar-refractivity contribution in [2.75, 3.05) is 0 Å². The summed E-state index contributed by atoms with van der Waals surface area (Å²) < 4.78 is 37.9. The molecule has 0 aliphatic rings. The lowest BCUT2D eigenvalue weighted by atomic mass is 10.2. The fourth-order valence-electron chi connectivity index (χ4n) is 0.830. The van der Waals surface area contributed by atoms with Gasteiger partial charge in [-0.25, -0.2) is 13.6 Å². The number of hydrogen-bond acceptors (Lipinski definition) is 1. The molecule has 0 fully saturated rings. The van der Waals surface area contributed by atoms with Crippen molar-refractivity contribution >= 4 is 12.0 Å². The van der Waals surface area contributed by atoms with Crippen LogP contribution in [0.1, 0.15) is 5.56 Å². The van der Waals surface area contributed by atoms with Crippen LogP contribution in [0.5, 0.6) is 0 Å². The lowest BCUT2D eigenvalue weighted by Crippen LogP contribution is -1.95. The van der Waals surface area contributed by atoms with Crippen molar-refractivity contribution in [1.82, 2.24) is 0 Å². The highest BCUT2D eigenvalue weighted by atomic mass is 19.2. The molecule has 0 aliphatic carbocycles. The molecule has 0 saturated carbocycles. The van der Waals surface area contributed by atoms with Crippen molar-refractivity contribution in [2.45, 2.75) is 0 Å². The highest BCUT2D eigenvalue weighted by molar-refractivity contribution is 5.89. The summed E-state index contributed by atoms with van der Waals surface area (Å²) in [7, 11) is 0. The summed E-state index contributed by atoms with van der Waals surface area (Å²) in [5, 5.41) is 8.14. The molecule has 1 N–H and O–H groups in total. The smallest absolute Gasteiger partial charge is 0.364 e. The Bertz CT molecular complexity index is 399. The highest BCUT2D eigenvalue weighted by Crippen LogP contribution is 2.15. The topological polar surface area (TPSA) is 37.3 Å². The minimum atomic E-state index is -1.83. The third-order valence-corrected chi connectivity index (χ3v) is 1.47. The van der Waals surface area contributed by atoms with Crippen molar-refractivity contribution in [3.63, 3.8) is 0 Å². The third kappa shape index (κ3) is 2.12. The largest absolute Gasteiger partial charge is 0.476 e. The predicted molar refractivity (Wildman–Crippen MR) is 43.1 cm³/mol. The van der Waals surface area contributed by atoms with Crippen LogP contribution < -0.4 is 0 Å². The molecule has 0 saturated heterocycles. The summed E-state index contributed by atoms with van der Waals surface area (Å²) in [6.45, 7) is 0. The molecule has 0 atom stereocenters. The fourth-order valence-corrected chi connectivity index (χ4v) is 0.830. The molecule has 0 unspecified atom stereocenters. The van der Waals surface area contributed by atoms with E-state index in [2.05, 4.69) is 0 Å². The number of carbonyl (C=O) groups is 1. The van der Waals surface area contributed by atoms with Gasteiger partial charge in [-0.05, 0) is 12.1 Å². The first-order chi connectivity index (χ1) is 6.52. The Kier molecular flexibility index (Phi) is 2.91. The summed E-state index contributed by atoms with van der Waals surface area (Å²) in [5.74, 6) is -5.80. The van der Waals surface area contributed by atoms with E-state index >= 15 is 0 Å². The van der Waals surface area contributed by atoms with Gasteiger partial charge in [0.2, 0.25) is 5.83 Å². The van der Waals surface area contributed by atoms with E-state index in [0.29, 0.717) is 6.08 Å². The van der Waals surface area contributed by atoms with Gasteiger partial charge in [0, 0.05) is 5.56 Å². The van der Waals surface area contributed by atoms with Crippen molar-refractivity contribution in [3.05, 3.63) is 41.2 Å². The minimum Gasteiger partial charge on any atom is -0.476 e. The summed E-state index contributed by atoms with van der Waals surface area (Å²) >= 11 is 0. The Labute approximate surface area is 77.3 Å². The zero-order valence-electron chi connectivity index (χ0n) is 6.80. The standard InChI is InChI=1S/C9H5F3O2/c10-6-3-1-2-5(8(6)12)4-7(11)9(13)14/h1-4H,(H,13,14). The predicted octanol–water partition coefficient (Wildman–Crippen LogP) is 2.36. The maximum atomic E-state index is 12.8. The average molecular weight is 202 g/mol. The number of benzene rings is 1. The van der Waals surface area contributed by atoms with Gasteiger partial charge >= 0.3 is 5.97 Å². The van der Waals surface area contributed by atoms with Gasteiger partial charge in [-0.15, -0.1) is 0 Å². The fraction of sp³-hybridized carbons (Fsp3) is 0. The number of aliphatic carboxylic acids is 1. The van der Waals surface area contributed by atoms with Crippen LogP contribution in [0.3, 0.4) is 0 Å². The second-order valence-corrected chi connectivity index (χ2v) is 2.44. The summed E-state index contributed by atoms with van der Waals surface area (Å²) in [5.41, 5.74) is -0.440. The molecule has 1 aromatic rings. The van der Waals surface area contributed by atoms with Gasteiger partial charge in [0.15, 0.2) is 11.6 Å². The first-order valence-corrected chi connectivity index (χ1v) is 3.57. The van der Waals surface area contributed by atoms with Crippen LogP contribution in [0.25, 0.3) is 6.08 Å². The molecular formula is C9H5F3O2. The van der Waals surface area contributed by atoms with Gasteiger partial charge in [0.05, 0.1) is 0 Å². The molecule has 0 aromatic heterocycles. The molecule has 1 aromatic carbocycles. The minimum absolute atomic E-state index is 0.417. The van der Waals surface area contributed by atoms with E-state index in [-0.39, 0.29) is 0 Å². The molecule has 0 bridgehead atoms. The van der Waals surface area contributed by atoms with Crippen molar-refractivity contribution < 1.29 is 23.1 Å². The van der Waals surface area contributed by atoms with E-state index < -0.39 is 29.0 Å². The molecular weight excluding hydrogens is 197 g/mol. The maximum absolute atomic E-state index is 12.8. The molecule has 5 heteroatoms. The van der Waals surface area contributed by atoms with Crippen LogP contribution in [0.2, 0.25) is 0 Å². The first kappa shape index (κ1) is 10.3. The Balaban J connectivity index is 3.15. The molecule has 1 rings (SSSR count). The maximum Gasteiger partial charge on any atom is 0.364 e. The van der Waals surface area contributed by atoms with Gasteiger partial charge in [0.1, 0.15) is 0 Å². The second kappa shape index (κ2) is 3.95. The number of halogens is 3. The van der Waals surface area contributed by atoms with E-state index in [1.807, 2.05) is 0 Å². The molecule has 14 heavy (non-hydrogen) atoms. The number of rotatable bonds is 2. The molecule has 0 spiro atoms. The van der Waals surface area contributed by atoms with E-state index in [1.54, 1.807) is 0 Å². The first-order valence-electron chi connectivity index (χ1n) is 3.57. The van der Waals surface area contributed by atoms with Crippen LogP contribution in [-0.4, -0.2) is 11.1 Å². The zero-order chi connectivity index (χ0) is 10.7. The molecule has 0 radical (unpaired) electrons. The molecule has 0 amide bonds. The van der Waals surface area contributed by atoms with Gasteiger partial charge in [-0.2, -0.15) is 4.39 Å². The number of carboxylic acids is 1. The number of carboxylic acid groups (broad SMARTS) is 1. The Morgan fingerprint density at radius 3 is 2.57 bits per heavy atom. The van der Waals surface area contributed by atoms with Gasteiger partial charge in [-0.3, -0.25) is 0 Å². The van der Waals surface area contributed by atoms with E-state index in [0.717, 1.165) is 18.2 Å². The Morgan fingerprint density at radius 2 is 2.00 bits per heavy atom. The van der Waals surface area contributed by atoms with Crippen molar-refractivity contribution in [2.24, 2.45) is 0 Å². The van der Waals surface area contributed by atoms with E-state index in [4.69, 9.17) is 5.11 Å². The zero-order valence-corrected chi connectivity index (χ0v) is 6.80. The van der Waals surface area contributed by atoms with Crippen molar-refractivity contribution in [1.29, 1.82) is 0 Å². The third-order valence-electron chi connectivity index (χ3n) is 1.47. The van der Waals surface area contributed by atoms with Gasteiger partial charge in [-0.1, -0.05) is 12.1 Å². The quantitative estimate of drug-likeness (QED) is 0.747. The lowest BCUT2D eigenvalue weighted by molar-refractivity contribution is -0.134. The Hall–Kier alpha value is -1.78. The van der Waals surface area contributed by atoms with E-state index in [1.165, 1.54) is 0 Å².